The lowest BCUT2D eigenvalue weighted by molar-refractivity contribution is 0.485. The van der Waals surface area contributed by atoms with E-state index in [2.05, 4.69) is 43.0 Å². The van der Waals surface area contributed by atoms with Crippen molar-refractivity contribution in [2.75, 3.05) is 11.4 Å². The maximum Gasteiger partial charge on any atom is 0.0368 e. The zero-order valence-corrected chi connectivity index (χ0v) is 9.16. The summed E-state index contributed by atoms with van der Waals surface area (Å²) in [6.45, 7) is 5.70. The second-order valence-electron chi connectivity index (χ2n) is 4.37. The van der Waals surface area contributed by atoms with Crippen molar-refractivity contribution in [3.8, 4) is 0 Å². The summed E-state index contributed by atoms with van der Waals surface area (Å²) in [5, 5.41) is 0. The molecule has 0 radical (unpaired) electrons. The van der Waals surface area contributed by atoms with Gasteiger partial charge in [0.25, 0.3) is 0 Å². The van der Waals surface area contributed by atoms with E-state index in [1.54, 1.807) is 0 Å². The maximum atomic E-state index is 2.53. The van der Waals surface area contributed by atoms with Crippen LogP contribution in [0.2, 0.25) is 0 Å². The van der Waals surface area contributed by atoms with E-state index < -0.39 is 0 Å². The van der Waals surface area contributed by atoms with Crippen LogP contribution in [-0.2, 0) is 0 Å². The number of benzene rings is 1. The first kappa shape index (κ1) is 9.57. The van der Waals surface area contributed by atoms with E-state index in [0.717, 1.165) is 0 Å². The first-order chi connectivity index (χ1) is 6.77. The van der Waals surface area contributed by atoms with Crippen LogP contribution in [0, 0.1) is 6.92 Å². The van der Waals surface area contributed by atoms with Crippen molar-refractivity contribution in [2.45, 2.75) is 39.2 Å². The molecule has 0 bridgehead atoms. The van der Waals surface area contributed by atoms with Gasteiger partial charge in [-0.3, -0.25) is 0 Å². The molecule has 2 rings (SSSR count). The van der Waals surface area contributed by atoms with Crippen molar-refractivity contribution < 1.29 is 0 Å². The van der Waals surface area contributed by atoms with Crippen LogP contribution in [0.1, 0.15) is 31.7 Å². The zero-order valence-electron chi connectivity index (χ0n) is 9.16. The van der Waals surface area contributed by atoms with Gasteiger partial charge in [0.15, 0.2) is 0 Å². The number of hydrogen-bond acceptors (Lipinski definition) is 1. The van der Waals surface area contributed by atoms with E-state index in [4.69, 9.17) is 0 Å². The van der Waals surface area contributed by atoms with Gasteiger partial charge < -0.3 is 4.90 Å². The summed E-state index contributed by atoms with van der Waals surface area (Å²) in [5.41, 5.74) is 2.74. The van der Waals surface area contributed by atoms with Crippen molar-refractivity contribution in [1.29, 1.82) is 0 Å². The molecule has 0 aromatic heterocycles. The van der Waals surface area contributed by atoms with Crippen LogP contribution in [0.5, 0.6) is 0 Å². The fourth-order valence-corrected chi connectivity index (χ4v) is 2.22. The van der Waals surface area contributed by atoms with Gasteiger partial charge in [-0.25, -0.2) is 0 Å². The number of anilines is 1. The average Bonchev–Trinajstić information content (AvgIpc) is 2.20. The molecule has 1 aliphatic rings. The molecule has 1 aliphatic heterocycles. The summed E-state index contributed by atoms with van der Waals surface area (Å²) >= 11 is 0. The molecule has 1 fully saturated rings. The lowest BCUT2D eigenvalue weighted by atomic mass is 10.0. The molecular formula is C13H19N. The highest BCUT2D eigenvalue weighted by atomic mass is 15.2. The minimum Gasteiger partial charge on any atom is -0.369 e. The van der Waals surface area contributed by atoms with Gasteiger partial charge in [0.05, 0.1) is 0 Å². The van der Waals surface area contributed by atoms with E-state index in [0.29, 0.717) is 6.04 Å². The van der Waals surface area contributed by atoms with E-state index in [1.165, 1.54) is 37.1 Å². The molecule has 1 heteroatoms. The molecule has 1 nitrogen and oxygen atoms in total. The fourth-order valence-electron chi connectivity index (χ4n) is 2.22. The molecule has 76 valence electrons. The Balaban J connectivity index is 2.16. The topological polar surface area (TPSA) is 3.24 Å². The van der Waals surface area contributed by atoms with Gasteiger partial charge in [0.1, 0.15) is 0 Å². The lowest BCUT2D eigenvalue weighted by Crippen LogP contribution is -2.37. The Morgan fingerprint density at radius 1 is 1.14 bits per heavy atom. The molecular weight excluding hydrogens is 170 g/mol. The van der Waals surface area contributed by atoms with Crippen molar-refractivity contribution in [3.05, 3.63) is 29.8 Å². The third kappa shape index (κ3) is 1.92. The van der Waals surface area contributed by atoms with Gasteiger partial charge in [-0.1, -0.05) is 17.7 Å². The largest absolute Gasteiger partial charge is 0.369 e. The maximum absolute atomic E-state index is 2.53. The molecule has 0 saturated carbocycles. The van der Waals surface area contributed by atoms with Gasteiger partial charge in [-0.15, -0.1) is 0 Å². The van der Waals surface area contributed by atoms with E-state index in [-0.39, 0.29) is 0 Å². The van der Waals surface area contributed by atoms with Crippen LogP contribution in [0.25, 0.3) is 0 Å². The van der Waals surface area contributed by atoms with Crippen LogP contribution in [-0.4, -0.2) is 12.6 Å². The Morgan fingerprint density at radius 3 is 2.50 bits per heavy atom. The Labute approximate surface area is 86.7 Å². The van der Waals surface area contributed by atoms with Gasteiger partial charge in [-0.2, -0.15) is 0 Å². The van der Waals surface area contributed by atoms with Crippen LogP contribution < -0.4 is 4.90 Å². The molecule has 0 N–H and O–H groups in total. The van der Waals surface area contributed by atoms with Crippen LogP contribution in [0.4, 0.5) is 5.69 Å². The Kier molecular flexibility index (Phi) is 2.76. The fraction of sp³-hybridized carbons (Fsp3) is 0.538. The monoisotopic (exact) mass is 189 g/mol. The summed E-state index contributed by atoms with van der Waals surface area (Å²) in [4.78, 5) is 2.53. The quantitative estimate of drug-likeness (QED) is 0.654. The minimum atomic E-state index is 0.714. The molecule has 0 aliphatic carbocycles. The van der Waals surface area contributed by atoms with E-state index in [1.807, 2.05) is 0 Å². The second kappa shape index (κ2) is 4.04. The number of hydrogen-bond donors (Lipinski definition) is 0. The van der Waals surface area contributed by atoms with E-state index in [9.17, 15) is 0 Å². The molecule has 0 unspecified atom stereocenters. The van der Waals surface area contributed by atoms with Crippen LogP contribution >= 0.6 is 0 Å². The van der Waals surface area contributed by atoms with Crippen molar-refractivity contribution >= 4 is 5.69 Å². The van der Waals surface area contributed by atoms with Gasteiger partial charge in [-0.05, 0) is 45.2 Å². The standard InChI is InChI=1S/C13H19N/c1-11-6-8-13(9-7-11)14-10-4-3-5-12(14)2/h6-9,12H,3-5,10H2,1-2H3/t12-/m1/s1. The highest BCUT2D eigenvalue weighted by Crippen LogP contribution is 2.24. The molecule has 1 aromatic rings. The van der Waals surface area contributed by atoms with Crippen molar-refractivity contribution in [3.63, 3.8) is 0 Å². The summed E-state index contributed by atoms with van der Waals surface area (Å²) in [5.74, 6) is 0. The molecule has 1 saturated heterocycles. The van der Waals surface area contributed by atoms with Crippen LogP contribution in [0.15, 0.2) is 24.3 Å². The summed E-state index contributed by atoms with van der Waals surface area (Å²) in [6.07, 6.45) is 4.08. The van der Waals surface area contributed by atoms with Gasteiger partial charge >= 0.3 is 0 Å². The first-order valence-corrected chi connectivity index (χ1v) is 5.60. The smallest absolute Gasteiger partial charge is 0.0368 e. The molecule has 1 aromatic carbocycles. The van der Waals surface area contributed by atoms with Crippen molar-refractivity contribution in [2.24, 2.45) is 0 Å². The highest BCUT2D eigenvalue weighted by Gasteiger charge is 2.17. The minimum absolute atomic E-state index is 0.714. The van der Waals surface area contributed by atoms with Crippen molar-refractivity contribution in [1.82, 2.24) is 0 Å². The van der Waals surface area contributed by atoms with Crippen LogP contribution in [0.3, 0.4) is 0 Å². The summed E-state index contributed by atoms with van der Waals surface area (Å²) in [6, 6.07) is 9.62. The molecule has 0 spiro atoms. The SMILES string of the molecule is Cc1ccc(N2CCCC[C@H]2C)cc1. The highest BCUT2D eigenvalue weighted by molar-refractivity contribution is 5.48. The van der Waals surface area contributed by atoms with Gasteiger partial charge in [0, 0.05) is 18.3 Å². The summed E-state index contributed by atoms with van der Waals surface area (Å²) in [7, 11) is 0. The third-order valence-corrected chi connectivity index (χ3v) is 3.17. The Morgan fingerprint density at radius 2 is 1.86 bits per heavy atom. The second-order valence-corrected chi connectivity index (χ2v) is 4.37. The lowest BCUT2D eigenvalue weighted by Gasteiger charge is -2.35. The normalized spacial score (nSPS) is 22.4. The summed E-state index contributed by atoms with van der Waals surface area (Å²) < 4.78 is 0. The van der Waals surface area contributed by atoms with E-state index >= 15 is 0 Å². The molecule has 1 heterocycles. The average molecular weight is 189 g/mol. The molecule has 1 atom stereocenters. The zero-order chi connectivity index (χ0) is 9.97. The Hall–Kier alpha value is -0.980. The predicted molar refractivity (Wildman–Crippen MR) is 61.8 cm³/mol. The number of aryl methyl sites for hydroxylation is 1. The molecule has 14 heavy (non-hydrogen) atoms. The first-order valence-electron chi connectivity index (χ1n) is 5.60. The number of nitrogens with zero attached hydrogens (tertiary/aromatic N) is 1. The number of piperidine rings is 1. The third-order valence-electron chi connectivity index (χ3n) is 3.17. The Bertz CT molecular complexity index is 289. The molecule has 0 amide bonds. The van der Waals surface area contributed by atoms with Gasteiger partial charge in [0.2, 0.25) is 0 Å². The number of rotatable bonds is 1. The predicted octanol–water partition coefficient (Wildman–Crippen LogP) is 3.37.